The highest BCUT2D eigenvalue weighted by molar-refractivity contribution is 14.0. The van der Waals surface area contributed by atoms with Crippen molar-refractivity contribution in [2.24, 2.45) is 4.99 Å². The van der Waals surface area contributed by atoms with Crippen LogP contribution in [0, 0.1) is 0 Å². The Balaban J connectivity index is 0.00000264. The molecule has 0 unspecified atom stereocenters. The SMILES string of the molecule is CCCCNC(=NC)NCCc1cc(Cl)c2c(c1)OCCO2.I. The molecule has 0 atom stereocenters. The fourth-order valence-electron chi connectivity index (χ4n) is 2.24. The Labute approximate surface area is 160 Å². The molecule has 1 heterocycles. The molecule has 130 valence electrons. The van der Waals surface area contributed by atoms with E-state index < -0.39 is 0 Å². The summed E-state index contributed by atoms with van der Waals surface area (Å²) in [6, 6.07) is 3.93. The number of aliphatic imine (C=N–C) groups is 1. The summed E-state index contributed by atoms with van der Waals surface area (Å²) in [5.41, 5.74) is 1.12. The standard InChI is InChI=1S/C16H24ClN3O2.HI/c1-3-4-6-19-16(18-2)20-7-5-12-10-13(17)15-14(11-12)21-8-9-22-15;/h10-11H,3-9H2,1-2H3,(H2,18,19,20);1H. The number of unbranched alkanes of at least 4 members (excludes halogenated alkanes) is 1. The summed E-state index contributed by atoms with van der Waals surface area (Å²) in [4.78, 5) is 4.20. The number of hydrogen-bond donors (Lipinski definition) is 2. The van der Waals surface area contributed by atoms with Gasteiger partial charge in [0.1, 0.15) is 13.2 Å². The maximum atomic E-state index is 6.24. The topological polar surface area (TPSA) is 54.9 Å². The number of ether oxygens (including phenoxy) is 2. The van der Waals surface area contributed by atoms with Crippen molar-refractivity contribution in [3.05, 3.63) is 22.7 Å². The van der Waals surface area contributed by atoms with Gasteiger partial charge in [-0.05, 0) is 30.5 Å². The molecule has 0 radical (unpaired) electrons. The van der Waals surface area contributed by atoms with Gasteiger partial charge in [0.25, 0.3) is 0 Å². The van der Waals surface area contributed by atoms with E-state index in [1.54, 1.807) is 7.05 Å². The summed E-state index contributed by atoms with van der Waals surface area (Å²) in [6.07, 6.45) is 3.14. The average Bonchev–Trinajstić information content (AvgIpc) is 2.53. The Bertz CT molecular complexity index is 526. The molecule has 1 aliphatic rings. The van der Waals surface area contributed by atoms with Crippen LogP contribution in [0.15, 0.2) is 17.1 Å². The van der Waals surface area contributed by atoms with Crippen LogP contribution in [0.25, 0.3) is 0 Å². The van der Waals surface area contributed by atoms with Crippen LogP contribution in [0.4, 0.5) is 0 Å². The molecule has 0 aliphatic carbocycles. The van der Waals surface area contributed by atoms with E-state index in [0.717, 1.165) is 43.2 Å². The molecule has 0 spiro atoms. The average molecular weight is 454 g/mol. The van der Waals surface area contributed by atoms with Crippen molar-refractivity contribution in [2.75, 3.05) is 33.4 Å². The van der Waals surface area contributed by atoms with Crippen LogP contribution in [0.2, 0.25) is 5.02 Å². The van der Waals surface area contributed by atoms with E-state index in [-0.39, 0.29) is 24.0 Å². The zero-order valence-electron chi connectivity index (χ0n) is 13.7. The summed E-state index contributed by atoms with van der Waals surface area (Å²) in [6.45, 7) is 5.00. The Hall–Kier alpha value is -0.890. The van der Waals surface area contributed by atoms with E-state index in [1.807, 2.05) is 12.1 Å². The smallest absolute Gasteiger partial charge is 0.190 e. The molecule has 1 aromatic carbocycles. The number of halogens is 2. The summed E-state index contributed by atoms with van der Waals surface area (Å²) in [7, 11) is 1.78. The van der Waals surface area contributed by atoms with Gasteiger partial charge in [0.05, 0.1) is 5.02 Å². The minimum absolute atomic E-state index is 0. The van der Waals surface area contributed by atoms with Crippen LogP contribution in [0.5, 0.6) is 11.5 Å². The Morgan fingerprint density at radius 1 is 1.22 bits per heavy atom. The molecule has 1 aromatic rings. The molecule has 0 amide bonds. The first-order valence-electron chi connectivity index (χ1n) is 7.77. The fraction of sp³-hybridized carbons (Fsp3) is 0.562. The fourth-order valence-corrected chi connectivity index (χ4v) is 2.53. The lowest BCUT2D eigenvalue weighted by Crippen LogP contribution is -2.38. The van der Waals surface area contributed by atoms with Crippen LogP contribution in [-0.4, -0.2) is 39.3 Å². The summed E-state index contributed by atoms with van der Waals surface area (Å²) >= 11 is 6.24. The highest BCUT2D eigenvalue weighted by atomic mass is 127. The largest absolute Gasteiger partial charge is 0.486 e. The number of nitrogens with one attached hydrogen (secondary N) is 2. The van der Waals surface area contributed by atoms with Crippen LogP contribution in [-0.2, 0) is 6.42 Å². The molecule has 0 bridgehead atoms. The van der Waals surface area contributed by atoms with Crippen molar-refractivity contribution >= 4 is 41.5 Å². The van der Waals surface area contributed by atoms with Gasteiger partial charge in [-0.3, -0.25) is 4.99 Å². The lowest BCUT2D eigenvalue weighted by Gasteiger charge is -2.20. The molecule has 2 N–H and O–H groups in total. The van der Waals surface area contributed by atoms with Crippen LogP contribution in [0.1, 0.15) is 25.3 Å². The van der Waals surface area contributed by atoms with Crippen molar-refractivity contribution in [3.8, 4) is 11.5 Å². The van der Waals surface area contributed by atoms with Gasteiger partial charge < -0.3 is 20.1 Å². The summed E-state index contributed by atoms with van der Waals surface area (Å²) in [5, 5.41) is 7.20. The second-order valence-corrected chi connectivity index (χ2v) is 5.54. The number of guanidine groups is 1. The number of rotatable bonds is 6. The number of hydrogen-bond acceptors (Lipinski definition) is 3. The molecule has 0 saturated carbocycles. The molecule has 7 heteroatoms. The molecule has 0 saturated heterocycles. The minimum atomic E-state index is 0. The van der Waals surface area contributed by atoms with Crippen LogP contribution < -0.4 is 20.1 Å². The predicted octanol–water partition coefficient (Wildman–Crippen LogP) is 3.24. The first-order valence-corrected chi connectivity index (χ1v) is 8.15. The number of fused-ring (bicyclic) bond motifs is 1. The first kappa shape index (κ1) is 20.2. The van der Waals surface area contributed by atoms with Crippen molar-refractivity contribution in [2.45, 2.75) is 26.2 Å². The minimum Gasteiger partial charge on any atom is -0.486 e. The molecule has 23 heavy (non-hydrogen) atoms. The van der Waals surface area contributed by atoms with Gasteiger partial charge in [0.15, 0.2) is 17.5 Å². The van der Waals surface area contributed by atoms with E-state index in [2.05, 4.69) is 22.5 Å². The van der Waals surface area contributed by atoms with E-state index in [0.29, 0.717) is 24.0 Å². The van der Waals surface area contributed by atoms with Gasteiger partial charge in [-0.2, -0.15) is 0 Å². The van der Waals surface area contributed by atoms with Gasteiger partial charge in [0.2, 0.25) is 0 Å². The molecule has 5 nitrogen and oxygen atoms in total. The van der Waals surface area contributed by atoms with E-state index in [1.165, 1.54) is 6.42 Å². The molecule has 2 rings (SSSR count). The number of benzene rings is 1. The first-order chi connectivity index (χ1) is 10.7. The highest BCUT2D eigenvalue weighted by Gasteiger charge is 2.16. The maximum absolute atomic E-state index is 6.24. The lowest BCUT2D eigenvalue weighted by atomic mass is 10.1. The molecular weight excluding hydrogens is 429 g/mol. The van der Waals surface area contributed by atoms with Crippen molar-refractivity contribution < 1.29 is 9.47 Å². The van der Waals surface area contributed by atoms with Crippen LogP contribution >= 0.6 is 35.6 Å². The Kier molecular flexibility index (Phi) is 9.47. The van der Waals surface area contributed by atoms with Gasteiger partial charge in [0, 0.05) is 20.1 Å². The van der Waals surface area contributed by atoms with Gasteiger partial charge >= 0.3 is 0 Å². The van der Waals surface area contributed by atoms with Crippen molar-refractivity contribution in [1.29, 1.82) is 0 Å². The summed E-state index contributed by atoms with van der Waals surface area (Å²) < 4.78 is 11.1. The summed E-state index contributed by atoms with van der Waals surface area (Å²) in [5.74, 6) is 2.22. The maximum Gasteiger partial charge on any atom is 0.190 e. The molecule has 0 fully saturated rings. The second-order valence-electron chi connectivity index (χ2n) is 5.13. The Morgan fingerprint density at radius 2 is 1.96 bits per heavy atom. The number of nitrogens with zero attached hydrogens (tertiary/aromatic N) is 1. The third-order valence-corrected chi connectivity index (χ3v) is 3.69. The second kappa shape index (κ2) is 10.8. The molecular formula is C16H25ClIN3O2. The van der Waals surface area contributed by atoms with Crippen LogP contribution in [0.3, 0.4) is 0 Å². The predicted molar refractivity (Wildman–Crippen MR) is 106 cm³/mol. The Morgan fingerprint density at radius 3 is 2.70 bits per heavy atom. The van der Waals surface area contributed by atoms with Gasteiger partial charge in [-0.25, -0.2) is 0 Å². The lowest BCUT2D eigenvalue weighted by molar-refractivity contribution is 0.171. The monoisotopic (exact) mass is 453 g/mol. The van der Waals surface area contributed by atoms with Crippen molar-refractivity contribution in [3.63, 3.8) is 0 Å². The molecule has 0 aromatic heterocycles. The molecule has 1 aliphatic heterocycles. The highest BCUT2D eigenvalue weighted by Crippen LogP contribution is 2.38. The third-order valence-electron chi connectivity index (χ3n) is 3.41. The van der Waals surface area contributed by atoms with E-state index >= 15 is 0 Å². The van der Waals surface area contributed by atoms with E-state index in [4.69, 9.17) is 21.1 Å². The van der Waals surface area contributed by atoms with Gasteiger partial charge in [-0.15, -0.1) is 24.0 Å². The van der Waals surface area contributed by atoms with Crippen molar-refractivity contribution in [1.82, 2.24) is 10.6 Å². The van der Waals surface area contributed by atoms with Gasteiger partial charge in [-0.1, -0.05) is 24.9 Å². The normalized spacial score (nSPS) is 13.3. The quantitative estimate of drug-likeness (QED) is 0.300. The zero-order valence-corrected chi connectivity index (χ0v) is 16.7. The van der Waals surface area contributed by atoms with E-state index in [9.17, 15) is 0 Å². The third kappa shape index (κ3) is 6.25. The zero-order chi connectivity index (χ0) is 15.8.